The van der Waals surface area contributed by atoms with Crippen molar-refractivity contribution in [2.45, 2.75) is 25.8 Å². The zero-order chi connectivity index (χ0) is 18.4. The molecular weight excluding hydrogens is 326 g/mol. The zero-order valence-electron chi connectivity index (χ0n) is 15.3. The van der Waals surface area contributed by atoms with Gasteiger partial charge < -0.3 is 20.2 Å². The van der Waals surface area contributed by atoms with E-state index in [9.17, 15) is 9.90 Å². The fourth-order valence-corrected chi connectivity index (χ4v) is 3.23. The molecular formula is C21H27N3O2. The summed E-state index contributed by atoms with van der Waals surface area (Å²) >= 11 is 0. The Morgan fingerprint density at radius 1 is 1.04 bits per heavy atom. The van der Waals surface area contributed by atoms with Crippen LogP contribution in [0.15, 0.2) is 54.6 Å². The normalized spacial score (nSPS) is 15.6. The van der Waals surface area contributed by atoms with E-state index in [1.54, 1.807) is 12.1 Å². The number of aryl methyl sites for hydroxylation is 1. The average Bonchev–Trinajstić information content (AvgIpc) is 2.68. The molecule has 0 aromatic heterocycles. The highest BCUT2D eigenvalue weighted by Crippen LogP contribution is 2.16. The molecule has 26 heavy (non-hydrogen) atoms. The maximum Gasteiger partial charge on any atom is 0.317 e. The Morgan fingerprint density at radius 2 is 1.69 bits per heavy atom. The SMILES string of the molecule is CC(CCc1ccc(O)cc1)NC(=O)N1CCN(c2ccccc2)CC1. The third-order valence-corrected chi connectivity index (χ3v) is 4.86. The summed E-state index contributed by atoms with van der Waals surface area (Å²) in [7, 11) is 0. The topological polar surface area (TPSA) is 55.8 Å². The zero-order valence-corrected chi connectivity index (χ0v) is 15.3. The molecule has 1 unspecified atom stereocenters. The number of carbonyl (C=O) groups is 1. The van der Waals surface area contributed by atoms with Gasteiger partial charge >= 0.3 is 6.03 Å². The number of benzene rings is 2. The third-order valence-electron chi connectivity index (χ3n) is 4.86. The standard InChI is InChI=1S/C21H27N3O2/c1-17(7-8-18-9-11-20(25)12-10-18)22-21(26)24-15-13-23(14-16-24)19-5-3-2-4-6-19/h2-6,9-12,17,25H,7-8,13-16H2,1H3,(H,22,26). The van der Waals surface area contributed by atoms with Crippen molar-refractivity contribution in [1.82, 2.24) is 10.2 Å². The van der Waals surface area contributed by atoms with Crippen LogP contribution in [0.25, 0.3) is 0 Å². The molecule has 1 heterocycles. The van der Waals surface area contributed by atoms with Gasteiger partial charge in [-0.1, -0.05) is 30.3 Å². The van der Waals surface area contributed by atoms with Crippen LogP contribution in [-0.2, 0) is 6.42 Å². The van der Waals surface area contributed by atoms with Gasteiger partial charge in [0.1, 0.15) is 5.75 Å². The number of nitrogens with one attached hydrogen (secondary N) is 1. The second kappa shape index (κ2) is 8.61. The summed E-state index contributed by atoms with van der Waals surface area (Å²) in [5.41, 5.74) is 2.38. The van der Waals surface area contributed by atoms with Crippen molar-refractivity contribution in [3.8, 4) is 5.75 Å². The molecule has 5 heteroatoms. The van der Waals surface area contributed by atoms with Crippen LogP contribution >= 0.6 is 0 Å². The van der Waals surface area contributed by atoms with E-state index in [4.69, 9.17) is 0 Å². The van der Waals surface area contributed by atoms with E-state index < -0.39 is 0 Å². The van der Waals surface area contributed by atoms with Crippen LogP contribution in [0.5, 0.6) is 5.75 Å². The van der Waals surface area contributed by atoms with Crippen molar-refractivity contribution in [2.24, 2.45) is 0 Å². The van der Waals surface area contributed by atoms with Gasteiger partial charge in [-0.15, -0.1) is 0 Å². The Labute approximate surface area is 155 Å². The summed E-state index contributed by atoms with van der Waals surface area (Å²) in [6, 6.07) is 17.7. The maximum absolute atomic E-state index is 12.5. The largest absolute Gasteiger partial charge is 0.508 e. The molecule has 0 bridgehead atoms. The van der Waals surface area contributed by atoms with Gasteiger partial charge in [0.15, 0.2) is 0 Å². The Kier molecular flexibility index (Phi) is 6.00. The number of urea groups is 1. The van der Waals surface area contributed by atoms with Crippen LogP contribution in [0, 0.1) is 0 Å². The number of nitrogens with zero attached hydrogens (tertiary/aromatic N) is 2. The molecule has 2 aromatic carbocycles. The summed E-state index contributed by atoms with van der Waals surface area (Å²) < 4.78 is 0. The van der Waals surface area contributed by atoms with E-state index in [-0.39, 0.29) is 17.8 Å². The molecule has 138 valence electrons. The van der Waals surface area contributed by atoms with Gasteiger partial charge in [-0.05, 0) is 49.6 Å². The Hall–Kier alpha value is -2.69. The quantitative estimate of drug-likeness (QED) is 0.868. The molecule has 1 aliphatic heterocycles. The lowest BCUT2D eigenvalue weighted by Crippen LogP contribution is -2.53. The number of amides is 2. The number of hydrogen-bond donors (Lipinski definition) is 2. The molecule has 1 aliphatic rings. The molecule has 3 rings (SSSR count). The molecule has 0 radical (unpaired) electrons. The minimum absolute atomic E-state index is 0.0240. The second-order valence-electron chi connectivity index (χ2n) is 6.87. The highest BCUT2D eigenvalue weighted by Gasteiger charge is 2.22. The lowest BCUT2D eigenvalue weighted by molar-refractivity contribution is 0.190. The molecule has 2 aromatic rings. The number of aromatic hydroxyl groups is 1. The molecule has 5 nitrogen and oxygen atoms in total. The molecule has 0 saturated carbocycles. The van der Waals surface area contributed by atoms with Crippen LogP contribution < -0.4 is 10.2 Å². The Morgan fingerprint density at radius 3 is 2.35 bits per heavy atom. The number of hydrogen-bond acceptors (Lipinski definition) is 3. The number of phenolic OH excluding ortho intramolecular Hbond substituents is 1. The lowest BCUT2D eigenvalue weighted by atomic mass is 10.1. The average molecular weight is 353 g/mol. The molecule has 0 aliphatic carbocycles. The summed E-state index contributed by atoms with van der Waals surface area (Å²) in [5.74, 6) is 0.282. The molecule has 2 amide bonds. The van der Waals surface area contributed by atoms with E-state index in [1.807, 2.05) is 42.2 Å². The summed E-state index contributed by atoms with van der Waals surface area (Å²) in [6.07, 6.45) is 1.75. The van der Waals surface area contributed by atoms with Crippen LogP contribution in [0.2, 0.25) is 0 Å². The fraction of sp³-hybridized carbons (Fsp3) is 0.381. The molecule has 2 N–H and O–H groups in total. The Bertz CT molecular complexity index is 695. The van der Waals surface area contributed by atoms with Gasteiger partial charge in [0.25, 0.3) is 0 Å². The first-order valence-electron chi connectivity index (χ1n) is 9.25. The van der Waals surface area contributed by atoms with Gasteiger partial charge in [0.05, 0.1) is 0 Å². The first-order valence-corrected chi connectivity index (χ1v) is 9.25. The Balaban J connectivity index is 1.41. The van der Waals surface area contributed by atoms with Gasteiger partial charge in [0, 0.05) is 37.9 Å². The number of para-hydroxylation sites is 1. The first kappa shape index (κ1) is 18.1. The summed E-state index contributed by atoms with van der Waals surface area (Å²) in [6.45, 7) is 5.24. The van der Waals surface area contributed by atoms with E-state index in [1.165, 1.54) is 11.3 Å². The molecule has 1 atom stereocenters. The van der Waals surface area contributed by atoms with Crippen LogP contribution in [-0.4, -0.2) is 48.3 Å². The molecule has 1 saturated heterocycles. The van der Waals surface area contributed by atoms with Crippen molar-refractivity contribution < 1.29 is 9.90 Å². The van der Waals surface area contributed by atoms with E-state index in [0.29, 0.717) is 0 Å². The summed E-state index contributed by atoms with van der Waals surface area (Å²) in [4.78, 5) is 16.7. The second-order valence-corrected chi connectivity index (χ2v) is 6.87. The van der Waals surface area contributed by atoms with Crippen molar-refractivity contribution >= 4 is 11.7 Å². The van der Waals surface area contributed by atoms with Crippen LogP contribution in [0.1, 0.15) is 18.9 Å². The van der Waals surface area contributed by atoms with E-state index in [2.05, 4.69) is 22.3 Å². The number of carbonyl (C=O) groups excluding carboxylic acids is 1. The molecule has 1 fully saturated rings. The maximum atomic E-state index is 12.5. The number of piperazine rings is 1. The fourth-order valence-electron chi connectivity index (χ4n) is 3.23. The number of phenols is 1. The van der Waals surface area contributed by atoms with E-state index >= 15 is 0 Å². The third kappa shape index (κ3) is 4.91. The van der Waals surface area contributed by atoms with Gasteiger partial charge in [-0.2, -0.15) is 0 Å². The van der Waals surface area contributed by atoms with E-state index in [0.717, 1.165) is 39.0 Å². The van der Waals surface area contributed by atoms with Gasteiger partial charge in [-0.25, -0.2) is 4.79 Å². The first-order chi connectivity index (χ1) is 12.6. The number of rotatable bonds is 5. The van der Waals surface area contributed by atoms with Gasteiger partial charge in [0.2, 0.25) is 0 Å². The van der Waals surface area contributed by atoms with Crippen LogP contribution in [0.4, 0.5) is 10.5 Å². The molecule has 0 spiro atoms. The highest BCUT2D eigenvalue weighted by molar-refractivity contribution is 5.74. The minimum Gasteiger partial charge on any atom is -0.508 e. The van der Waals surface area contributed by atoms with Crippen LogP contribution in [0.3, 0.4) is 0 Å². The summed E-state index contributed by atoms with van der Waals surface area (Å²) in [5, 5.41) is 12.4. The smallest absolute Gasteiger partial charge is 0.317 e. The van der Waals surface area contributed by atoms with Crippen molar-refractivity contribution in [3.63, 3.8) is 0 Å². The lowest BCUT2D eigenvalue weighted by Gasteiger charge is -2.36. The van der Waals surface area contributed by atoms with Crippen molar-refractivity contribution in [1.29, 1.82) is 0 Å². The number of anilines is 1. The minimum atomic E-state index is 0.0240. The monoisotopic (exact) mass is 353 g/mol. The van der Waals surface area contributed by atoms with Gasteiger partial charge in [-0.3, -0.25) is 0 Å². The predicted molar refractivity (Wildman–Crippen MR) is 105 cm³/mol. The predicted octanol–water partition coefficient (Wildman–Crippen LogP) is 3.25. The van der Waals surface area contributed by atoms with Crippen molar-refractivity contribution in [3.05, 3.63) is 60.2 Å². The highest BCUT2D eigenvalue weighted by atomic mass is 16.3. The van der Waals surface area contributed by atoms with Crippen molar-refractivity contribution in [2.75, 3.05) is 31.1 Å².